The maximum Gasteiger partial charge on any atom is 0.255 e. The van der Waals surface area contributed by atoms with Gasteiger partial charge in [-0.25, -0.2) is 0 Å². The number of aromatic nitrogens is 2. The minimum atomic E-state index is -0.396. The van der Waals surface area contributed by atoms with Crippen molar-refractivity contribution in [3.63, 3.8) is 0 Å². The van der Waals surface area contributed by atoms with Crippen molar-refractivity contribution in [1.82, 2.24) is 15.1 Å². The smallest absolute Gasteiger partial charge is 0.255 e. The van der Waals surface area contributed by atoms with Crippen molar-refractivity contribution < 1.29 is 19.1 Å². The van der Waals surface area contributed by atoms with E-state index in [0.29, 0.717) is 39.5 Å². The molecule has 41 heavy (non-hydrogen) atoms. The molecular formula is C31H28N6O4. The van der Waals surface area contributed by atoms with Crippen LogP contribution in [-0.4, -0.2) is 41.7 Å². The van der Waals surface area contributed by atoms with Gasteiger partial charge >= 0.3 is 0 Å². The summed E-state index contributed by atoms with van der Waals surface area (Å²) in [6, 6.07) is 24.0. The number of carbonyl (C=O) groups excluding carboxylic acids is 3. The molecule has 0 bridgehead atoms. The molecule has 0 aliphatic carbocycles. The fourth-order valence-electron chi connectivity index (χ4n) is 4.46. The lowest BCUT2D eigenvalue weighted by Gasteiger charge is -2.13. The van der Waals surface area contributed by atoms with Gasteiger partial charge in [-0.15, -0.1) is 0 Å². The lowest BCUT2D eigenvalue weighted by Crippen LogP contribution is -2.18. The number of amides is 3. The second-order valence-electron chi connectivity index (χ2n) is 9.31. The molecule has 0 aliphatic heterocycles. The van der Waals surface area contributed by atoms with E-state index in [0.717, 1.165) is 22.2 Å². The highest BCUT2D eigenvalue weighted by atomic mass is 16.5. The molecule has 0 atom stereocenters. The maximum absolute atomic E-state index is 13.3. The van der Waals surface area contributed by atoms with Crippen molar-refractivity contribution in [3.8, 4) is 17.0 Å². The monoisotopic (exact) mass is 548 g/mol. The molecule has 5 rings (SSSR count). The van der Waals surface area contributed by atoms with Gasteiger partial charge in [-0.2, -0.15) is 5.10 Å². The molecule has 10 heteroatoms. The van der Waals surface area contributed by atoms with E-state index in [4.69, 9.17) is 10.5 Å². The van der Waals surface area contributed by atoms with Crippen LogP contribution >= 0.6 is 0 Å². The highest BCUT2D eigenvalue weighted by molar-refractivity contribution is 6.09. The normalized spacial score (nSPS) is 10.7. The Bertz CT molecular complexity index is 1780. The summed E-state index contributed by atoms with van der Waals surface area (Å²) < 4.78 is 7.18. The number of ether oxygens (including phenoxy) is 1. The van der Waals surface area contributed by atoms with E-state index in [1.165, 1.54) is 14.2 Å². The Morgan fingerprint density at radius 3 is 2.07 bits per heavy atom. The van der Waals surface area contributed by atoms with Gasteiger partial charge in [-0.1, -0.05) is 12.1 Å². The topological polar surface area (TPSA) is 140 Å². The Morgan fingerprint density at radius 2 is 1.41 bits per heavy atom. The van der Waals surface area contributed by atoms with Gasteiger partial charge in [0.1, 0.15) is 11.4 Å². The zero-order valence-electron chi connectivity index (χ0n) is 22.7. The Balaban J connectivity index is 1.38. The summed E-state index contributed by atoms with van der Waals surface area (Å²) >= 11 is 0. The fraction of sp³-hybridized carbons (Fsp3) is 0.0968. The first-order valence-electron chi connectivity index (χ1n) is 12.7. The number of nitrogens with two attached hydrogens (primary N) is 1. The Labute approximate surface area is 236 Å². The van der Waals surface area contributed by atoms with Crippen LogP contribution in [0.1, 0.15) is 31.1 Å². The molecule has 5 N–H and O–H groups in total. The Kier molecular flexibility index (Phi) is 7.38. The molecule has 0 radical (unpaired) electrons. The van der Waals surface area contributed by atoms with Crippen LogP contribution in [-0.2, 0) is 7.05 Å². The van der Waals surface area contributed by atoms with Crippen LogP contribution in [0.2, 0.25) is 0 Å². The van der Waals surface area contributed by atoms with Gasteiger partial charge in [0.25, 0.3) is 17.7 Å². The van der Waals surface area contributed by atoms with Gasteiger partial charge in [-0.3, -0.25) is 19.1 Å². The third-order valence-corrected chi connectivity index (χ3v) is 6.64. The van der Waals surface area contributed by atoms with Crippen molar-refractivity contribution in [2.24, 2.45) is 7.05 Å². The molecule has 1 aromatic heterocycles. The van der Waals surface area contributed by atoms with Crippen LogP contribution in [0, 0.1) is 0 Å². The SMILES string of the molecule is CNC(=O)c1ccc(C(=O)Nc2cc(NC(=O)c3ccc4c(c3)c(-c3ccc(N)cc3)nn4C)ccc2OC)cc1. The number of anilines is 3. The maximum atomic E-state index is 13.3. The molecule has 5 aromatic rings. The number of carbonyl (C=O) groups is 3. The average molecular weight is 549 g/mol. The number of benzene rings is 4. The van der Waals surface area contributed by atoms with E-state index in [2.05, 4.69) is 21.0 Å². The van der Waals surface area contributed by atoms with E-state index >= 15 is 0 Å². The number of nitrogens with one attached hydrogen (secondary N) is 3. The largest absolute Gasteiger partial charge is 0.495 e. The molecule has 0 saturated carbocycles. The van der Waals surface area contributed by atoms with E-state index in [9.17, 15) is 14.4 Å². The number of nitrogen functional groups attached to an aromatic ring is 1. The lowest BCUT2D eigenvalue weighted by atomic mass is 10.0. The van der Waals surface area contributed by atoms with Crippen LogP contribution in [0.3, 0.4) is 0 Å². The Hall–Kier alpha value is -5.64. The van der Waals surface area contributed by atoms with E-state index in [-0.39, 0.29) is 11.8 Å². The molecule has 4 aromatic carbocycles. The molecule has 0 spiro atoms. The summed E-state index contributed by atoms with van der Waals surface area (Å²) in [6.07, 6.45) is 0. The predicted octanol–water partition coefficient (Wildman–Crippen LogP) is 4.70. The van der Waals surface area contributed by atoms with Crippen molar-refractivity contribution in [1.29, 1.82) is 0 Å². The summed E-state index contributed by atoms with van der Waals surface area (Å²) in [6.45, 7) is 0. The summed E-state index contributed by atoms with van der Waals surface area (Å²) in [5, 5.41) is 13.7. The van der Waals surface area contributed by atoms with Crippen LogP contribution in [0.5, 0.6) is 5.75 Å². The first kappa shape index (κ1) is 26.9. The van der Waals surface area contributed by atoms with Gasteiger partial charge in [0, 0.05) is 53.1 Å². The highest BCUT2D eigenvalue weighted by Gasteiger charge is 2.16. The molecular weight excluding hydrogens is 520 g/mol. The number of methoxy groups -OCH3 is 1. The average Bonchev–Trinajstić information content (AvgIpc) is 3.32. The number of fused-ring (bicyclic) bond motifs is 1. The first-order valence-corrected chi connectivity index (χ1v) is 12.7. The fourth-order valence-corrected chi connectivity index (χ4v) is 4.46. The Morgan fingerprint density at radius 1 is 0.780 bits per heavy atom. The van der Waals surface area contributed by atoms with Crippen LogP contribution in [0.25, 0.3) is 22.2 Å². The minimum Gasteiger partial charge on any atom is -0.495 e. The van der Waals surface area contributed by atoms with Crippen LogP contribution < -0.4 is 26.4 Å². The zero-order chi connectivity index (χ0) is 29.1. The number of hydrogen-bond acceptors (Lipinski definition) is 6. The lowest BCUT2D eigenvalue weighted by molar-refractivity contribution is 0.0960. The molecule has 0 fully saturated rings. The quantitative estimate of drug-likeness (QED) is 0.218. The second-order valence-corrected chi connectivity index (χ2v) is 9.31. The molecule has 10 nitrogen and oxygen atoms in total. The van der Waals surface area contributed by atoms with Crippen molar-refractivity contribution >= 4 is 45.7 Å². The molecule has 0 aliphatic rings. The summed E-state index contributed by atoms with van der Waals surface area (Å²) in [5.74, 6) is -0.548. The molecule has 3 amide bonds. The molecule has 0 unspecified atom stereocenters. The first-order chi connectivity index (χ1) is 19.8. The van der Waals surface area contributed by atoms with Crippen molar-refractivity contribution in [2.45, 2.75) is 0 Å². The number of rotatable bonds is 7. The van der Waals surface area contributed by atoms with Crippen molar-refractivity contribution in [3.05, 3.63) is 102 Å². The van der Waals surface area contributed by atoms with Gasteiger partial charge in [0.05, 0.1) is 18.3 Å². The molecule has 0 saturated heterocycles. The summed E-state index contributed by atoms with van der Waals surface area (Å²) in [7, 11) is 4.88. The summed E-state index contributed by atoms with van der Waals surface area (Å²) in [4.78, 5) is 38.0. The number of hydrogen-bond donors (Lipinski definition) is 4. The van der Waals surface area contributed by atoms with Gasteiger partial charge in [-0.05, 0) is 72.8 Å². The number of aryl methyl sites for hydroxylation is 1. The van der Waals surface area contributed by atoms with E-state index in [1.807, 2.05) is 37.4 Å². The van der Waals surface area contributed by atoms with E-state index < -0.39 is 5.91 Å². The third kappa shape index (κ3) is 5.57. The minimum absolute atomic E-state index is 0.244. The highest BCUT2D eigenvalue weighted by Crippen LogP contribution is 2.31. The molecule has 206 valence electrons. The standard InChI is InChI=1S/C31H28N6O4/c1-33-29(38)19-4-6-20(7-5-19)30(39)35-25-17-23(13-15-27(25)41-3)34-31(40)21-10-14-26-24(16-21)28(36-37(26)2)18-8-11-22(32)12-9-18/h4-17H,32H2,1-3H3,(H,33,38)(H,34,40)(H,35,39). The van der Waals surface area contributed by atoms with E-state index in [1.54, 1.807) is 59.3 Å². The van der Waals surface area contributed by atoms with Crippen LogP contribution in [0.4, 0.5) is 17.1 Å². The number of nitrogens with zero attached hydrogens (tertiary/aromatic N) is 2. The van der Waals surface area contributed by atoms with Gasteiger partial charge in [0.2, 0.25) is 0 Å². The van der Waals surface area contributed by atoms with Crippen molar-refractivity contribution in [2.75, 3.05) is 30.5 Å². The third-order valence-electron chi connectivity index (χ3n) is 6.64. The van der Waals surface area contributed by atoms with Gasteiger partial charge in [0.15, 0.2) is 0 Å². The zero-order valence-corrected chi connectivity index (χ0v) is 22.7. The predicted molar refractivity (Wildman–Crippen MR) is 159 cm³/mol. The van der Waals surface area contributed by atoms with Gasteiger partial charge < -0.3 is 26.4 Å². The molecule has 1 heterocycles. The summed E-state index contributed by atoms with van der Waals surface area (Å²) in [5.41, 5.74) is 11.1. The second kappa shape index (κ2) is 11.2. The van der Waals surface area contributed by atoms with Crippen LogP contribution in [0.15, 0.2) is 84.9 Å².